The van der Waals surface area contributed by atoms with Gasteiger partial charge in [-0.2, -0.15) is 0 Å². The third kappa shape index (κ3) is 4.99. The highest BCUT2D eigenvalue weighted by molar-refractivity contribution is 6.32. The lowest BCUT2D eigenvalue weighted by molar-refractivity contribution is -0.118. The van der Waals surface area contributed by atoms with Gasteiger partial charge in [-0.3, -0.25) is 4.79 Å². The molecule has 27 heavy (non-hydrogen) atoms. The van der Waals surface area contributed by atoms with Crippen LogP contribution < -0.4 is 15.8 Å². The fourth-order valence-electron chi connectivity index (χ4n) is 3.28. The van der Waals surface area contributed by atoms with Crippen molar-refractivity contribution in [3.63, 3.8) is 0 Å². The minimum atomic E-state index is -0.487. The van der Waals surface area contributed by atoms with E-state index in [0.29, 0.717) is 23.7 Å². The number of primary amides is 1. The first kappa shape index (κ1) is 19.6. The van der Waals surface area contributed by atoms with Gasteiger partial charge in [-0.15, -0.1) is 0 Å². The molecule has 0 aliphatic heterocycles. The van der Waals surface area contributed by atoms with E-state index in [2.05, 4.69) is 5.32 Å². The molecule has 0 heterocycles. The molecular formula is C21H24ClFN2O2. The predicted octanol–water partition coefficient (Wildman–Crippen LogP) is 4.97. The number of amides is 1. The van der Waals surface area contributed by atoms with E-state index in [1.807, 2.05) is 25.1 Å². The lowest BCUT2D eigenvalue weighted by atomic mass is 9.99. The maximum absolute atomic E-state index is 15.2. The van der Waals surface area contributed by atoms with Gasteiger partial charge in [0.1, 0.15) is 5.75 Å². The molecule has 1 aliphatic rings. The third-order valence-corrected chi connectivity index (χ3v) is 5.15. The summed E-state index contributed by atoms with van der Waals surface area (Å²) < 4.78 is 20.9. The molecule has 4 nitrogen and oxygen atoms in total. The molecule has 1 fully saturated rings. The standard InChI is InChI=1S/C21H24ClFN2O2/c1-2-17(25-18(12-19(24)26)13-8-9-13)15-10-11-16(22)21(20(15)23)27-14-6-4-3-5-7-14/h3-7,10-11,13,17-18,25H,2,8-9,12H2,1H3,(H2,24,26)/t17-,18-/m1/s1. The average Bonchev–Trinajstić information content (AvgIpc) is 3.48. The lowest BCUT2D eigenvalue weighted by Gasteiger charge is -2.26. The van der Waals surface area contributed by atoms with Crippen LogP contribution in [0.5, 0.6) is 11.5 Å². The molecule has 1 amide bonds. The number of ether oxygens (including phenoxy) is 1. The van der Waals surface area contributed by atoms with Crippen LogP contribution in [0.25, 0.3) is 0 Å². The highest BCUT2D eigenvalue weighted by Gasteiger charge is 2.34. The molecule has 144 valence electrons. The van der Waals surface area contributed by atoms with E-state index in [9.17, 15) is 4.79 Å². The number of nitrogens with two attached hydrogens (primary N) is 1. The summed E-state index contributed by atoms with van der Waals surface area (Å²) in [5.41, 5.74) is 5.86. The molecule has 0 saturated heterocycles. The summed E-state index contributed by atoms with van der Waals surface area (Å²) in [6.45, 7) is 1.97. The van der Waals surface area contributed by atoms with Gasteiger partial charge in [-0.05, 0) is 43.4 Å². The van der Waals surface area contributed by atoms with Gasteiger partial charge < -0.3 is 15.8 Å². The molecule has 1 aliphatic carbocycles. The molecule has 0 aromatic heterocycles. The summed E-state index contributed by atoms with van der Waals surface area (Å²) in [6.07, 6.45) is 3.04. The predicted molar refractivity (Wildman–Crippen MR) is 104 cm³/mol. The first-order valence-corrected chi connectivity index (χ1v) is 9.62. The molecule has 6 heteroatoms. The molecule has 0 radical (unpaired) electrons. The maximum atomic E-state index is 15.2. The van der Waals surface area contributed by atoms with Gasteiger partial charge in [0.25, 0.3) is 0 Å². The maximum Gasteiger partial charge on any atom is 0.218 e. The fraction of sp³-hybridized carbons (Fsp3) is 0.381. The molecular weight excluding hydrogens is 367 g/mol. The van der Waals surface area contributed by atoms with E-state index >= 15 is 4.39 Å². The van der Waals surface area contributed by atoms with Gasteiger partial charge in [-0.25, -0.2) is 4.39 Å². The van der Waals surface area contributed by atoms with Crippen molar-refractivity contribution in [2.75, 3.05) is 0 Å². The van der Waals surface area contributed by atoms with Crippen LogP contribution in [-0.2, 0) is 4.79 Å². The first-order valence-electron chi connectivity index (χ1n) is 9.24. The highest BCUT2D eigenvalue weighted by atomic mass is 35.5. The van der Waals surface area contributed by atoms with Crippen molar-refractivity contribution < 1.29 is 13.9 Å². The number of carbonyl (C=O) groups excluding carboxylic acids is 1. The zero-order valence-electron chi connectivity index (χ0n) is 15.3. The minimum absolute atomic E-state index is 0.0125. The number of para-hydroxylation sites is 1. The van der Waals surface area contributed by atoms with Crippen LogP contribution in [0.3, 0.4) is 0 Å². The summed E-state index contributed by atoms with van der Waals surface area (Å²) >= 11 is 6.19. The van der Waals surface area contributed by atoms with Crippen molar-refractivity contribution in [1.29, 1.82) is 0 Å². The molecule has 0 unspecified atom stereocenters. The zero-order chi connectivity index (χ0) is 19.4. The van der Waals surface area contributed by atoms with Gasteiger partial charge in [0.15, 0.2) is 11.6 Å². The Morgan fingerprint density at radius 1 is 1.30 bits per heavy atom. The Morgan fingerprint density at radius 3 is 2.59 bits per heavy atom. The molecule has 1 saturated carbocycles. The van der Waals surface area contributed by atoms with Crippen molar-refractivity contribution in [3.8, 4) is 11.5 Å². The number of hydrogen-bond donors (Lipinski definition) is 2. The van der Waals surface area contributed by atoms with Crippen molar-refractivity contribution in [1.82, 2.24) is 5.32 Å². The Labute approximate surface area is 163 Å². The molecule has 0 spiro atoms. The number of halogens is 2. The summed E-state index contributed by atoms with van der Waals surface area (Å²) in [6, 6.07) is 12.0. The zero-order valence-corrected chi connectivity index (χ0v) is 16.0. The fourth-order valence-corrected chi connectivity index (χ4v) is 3.46. The summed E-state index contributed by atoms with van der Waals surface area (Å²) in [7, 11) is 0. The summed E-state index contributed by atoms with van der Waals surface area (Å²) in [5, 5.41) is 3.64. The van der Waals surface area contributed by atoms with Crippen LogP contribution in [-0.4, -0.2) is 11.9 Å². The minimum Gasteiger partial charge on any atom is -0.453 e. The second kappa shape index (κ2) is 8.72. The normalized spacial score (nSPS) is 16.0. The van der Waals surface area contributed by atoms with E-state index < -0.39 is 5.82 Å². The number of carbonyl (C=O) groups is 1. The molecule has 3 rings (SSSR count). The Morgan fingerprint density at radius 2 is 2.00 bits per heavy atom. The second-order valence-electron chi connectivity index (χ2n) is 6.94. The molecule has 2 aromatic rings. The van der Waals surface area contributed by atoms with E-state index in [0.717, 1.165) is 12.8 Å². The van der Waals surface area contributed by atoms with E-state index in [1.54, 1.807) is 24.3 Å². The van der Waals surface area contributed by atoms with Gasteiger partial charge in [0, 0.05) is 24.1 Å². The highest BCUT2D eigenvalue weighted by Crippen LogP contribution is 2.39. The van der Waals surface area contributed by atoms with Crippen LogP contribution in [0.15, 0.2) is 42.5 Å². The van der Waals surface area contributed by atoms with Crippen molar-refractivity contribution >= 4 is 17.5 Å². The van der Waals surface area contributed by atoms with Crippen molar-refractivity contribution in [2.24, 2.45) is 11.7 Å². The second-order valence-corrected chi connectivity index (χ2v) is 7.34. The largest absolute Gasteiger partial charge is 0.453 e. The van der Waals surface area contributed by atoms with Crippen molar-refractivity contribution in [2.45, 2.75) is 44.7 Å². The number of benzene rings is 2. The van der Waals surface area contributed by atoms with Crippen LogP contribution in [0.4, 0.5) is 4.39 Å². The van der Waals surface area contributed by atoms with E-state index in [-0.39, 0.29) is 35.2 Å². The van der Waals surface area contributed by atoms with Gasteiger partial charge in [-0.1, -0.05) is 42.8 Å². The number of rotatable bonds is 9. The quantitative estimate of drug-likeness (QED) is 0.635. The Kier molecular flexibility index (Phi) is 6.34. The topological polar surface area (TPSA) is 64.3 Å². The van der Waals surface area contributed by atoms with Gasteiger partial charge in [0.05, 0.1) is 5.02 Å². The molecule has 3 N–H and O–H groups in total. The Bertz CT molecular complexity index is 796. The van der Waals surface area contributed by atoms with Crippen LogP contribution in [0.2, 0.25) is 5.02 Å². The Balaban J connectivity index is 1.85. The SMILES string of the molecule is CC[C@@H](N[C@H](CC(N)=O)C1CC1)c1ccc(Cl)c(Oc2ccccc2)c1F. The molecule has 2 atom stereocenters. The lowest BCUT2D eigenvalue weighted by Crippen LogP contribution is -2.38. The molecule has 2 aromatic carbocycles. The number of nitrogens with one attached hydrogen (secondary N) is 1. The Hall–Kier alpha value is -2.11. The smallest absolute Gasteiger partial charge is 0.218 e. The molecule has 0 bridgehead atoms. The number of hydrogen-bond acceptors (Lipinski definition) is 3. The van der Waals surface area contributed by atoms with Gasteiger partial charge >= 0.3 is 0 Å². The van der Waals surface area contributed by atoms with Gasteiger partial charge in [0.2, 0.25) is 5.91 Å². The average molecular weight is 391 g/mol. The summed E-state index contributed by atoms with van der Waals surface area (Å²) in [4.78, 5) is 11.4. The van der Waals surface area contributed by atoms with Crippen LogP contribution in [0, 0.1) is 11.7 Å². The first-order chi connectivity index (χ1) is 13.0. The van der Waals surface area contributed by atoms with Crippen molar-refractivity contribution in [3.05, 3.63) is 58.9 Å². The monoisotopic (exact) mass is 390 g/mol. The summed E-state index contributed by atoms with van der Waals surface area (Å²) in [5.74, 6) is 0.111. The third-order valence-electron chi connectivity index (χ3n) is 4.85. The van der Waals surface area contributed by atoms with Crippen LogP contribution in [0.1, 0.15) is 44.2 Å². The van der Waals surface area contributed by atoms with E-state index in [4.69, 9.17) is 22.1 Å². The van der Waals surface area contributed by atoms with E-state index in [1.165, 1.54) is 0 Å². The van der Waals surface area contributed by atoms with Crippen LogP contribution >= 0.6 is 11.6 Å².